The van der Waals surface area contributed by atoms with Crippen LogP contribution in [0.3, 0.4) is 0 Å². The molecule has 9 atom stereocenters. The second-order valence-electron chi connectivity index (χ2n) is 14.4. The average molecular weight is 933 g/mol. The van der Waals surface area contributed by atoms with Gasteiger partial charge in [-0.2, -0.15) is 18.1 Å². The number of methoxy groups -OCH3 is 1. The second kappa shape index (κ2) is 18.1. The number of alkyl halides is 1. The van der Waals surface area contributed by atoms with Crippen LogP contribution in [0.2, 0.25) is 0 Å². The van der Waals surface area contributed by atoms with Crippen LogP contribution < -0.4 is 20.9 Å². The Balaban J connectivity index is 1.11. The molecule has 0 spiro atoms. The van der Waals surface area contributed by atoms with Crippen LogP contribution in [0.1, 0.15) is 36.7 Å². The van der Waals surface area contributed by atoms with Crippen LogP contribution in [-0.2, 0) is 58.9 Å². The first-order chi connectivity index (χ1) is 30.2. The lowest BCUT2D eigenvalue weighted by Crippen LogP contribution is -2.44. The minimum Gasteiger partial charge on any atom is -0.376 e. The van der Waals surface area contributed by atoms with Crippen molar-refractivity contribution in [1.29, 1.82) is 0 Å². The Bertz CT molecular complexity index is 2790. The van der Waals surface area contributed by atoms with Crippen LogP contribution >= 0.6 is 6.72 Å². The van der Waals surface area contributed by atoms with Gasteiger partial charge in [0.1, 0.15) is 37.4 Å². The molecule has 0 aliphatic carbocycles. The summed E-state index contributed by atoms with van der Waals surface area (Å²) >= 11 is 5.78. The molecule has 3 aliphatic rings. The van der Waals surface area contributed by atoms with E-state index in [0.29, 0.717) is 5.56 Å². The Labute approximate surface area is 361 Å². The van der Waals surface area contributed by atoms with E-state index in [0.717, 1.165) is 6.33 Å². The topological polar surface area (TPSA) is 281 Å². The molecule has 7 heterocycles. The maximum Gasteiger partial charge on any atom is 0.336 e. The van der Waals surface area contributed by atoms with Crippen LogP contribution in [0.25, 0.3) is 27.2 Å². The molecular weight excluding hydrogens is 895 g/mol. The zero-order chi connectivity index (χ0) is 44.6. The van der Waals surface area contributed by atoms with E-state index in [1.54, 1.807) is 44.2 Å². The summed E-state index contributed by atoms with van der Waals surface area (Å²) in [6.07, 6.45) is -8.65. The number of anilines is 2. The monoisotopic (exact) mass is 932 g/mol. The molecule has 0 saturated carbocycles. The van der Waals surface area contributed by atoms with Gasteiger partial charge in [-0.3, -0.25) is 38.3 Å². The number of aromatic nitrogens is 8. The molecule has 0 radical (unpaired) electrons. The highest BCUT2D eigenvalue weighted by molar-refractivity contribution is 8.07. The van der Waals surface area contributed by atoms with Crippen LogP contribution in [0.5, 0.6) is 0 Å². The van der Waals surface area contributed by atoms with Gasteiger partial charge in [-0.05, 0) is 23.9 Å². The number of nitrogens with one attached hydrogen (secondary N) is 4. The Kier molecular flexibility index (Phi) is 12.7. The van der Waals surface area contributed by atoms with Crippen LogP contribution in [0, 0.1) is 12.5 Å². The fourth-order valence-electron chi connectivity index (χ4n) is 6.97. The first-order valence-corrected chi connectivity index (χ1v) is 23.0. The largest absolute Gasteiger partial charge is 0.376 e. The maximum atomic E-state index is 16.9. The predicted molar refractivity (Wildman–Crippen MR) is 219 cm³/mol. The molecule has 5 aromatic rings. The van der Waals surface area contributed by atoms with Crippen LogP contribution in [0.15, 0.2) is 54.1 Å². The molecule has 3 fully saturated rings. The summed E-state index contributed by atoms with van der Waals surface area (Å²) in [7, 11) is -3.55. The van der Waals surface area contributed by atoms with Crippen molar-refractivity contribution >= 4 is 74.7 Å². The summed E-state index contributed by atoms with van der Waals surface area (Å²) in [6.45, 7) is 4.84. The molecule has 63 heavy (non-hydrogen) atoms. The lowest BCUT2D eigenvalue weighted by molar-refractivity contribution is -0.118. The maximum absolute atomic E-state index is 16.9. The molecule has 4 N–H and O–H groups in total. The summed E-state index contributed by atoms with van der Waals surface area (Å²) in [5.74, 6) is -1.58. The smallest absolute Gasteiger partial charge is 0.336 e. The molecule has 3 aliphatic heterocycles. The minimum absolute atomic E-state index is 0.0240. The predicted octanol–water partition coefficient (Wildman–Crippen LogP) is 1.75. The average Bonchev–Trinajstić information content (AvgIpc) is 4.03. The molecule has 334 valence electrons. The van der Waals surface area contributed by atoms with Gasteiger partial charge in [-0.15, -0.1) is 0 Å². The van der Waals surface area contributed by atoms with Crippen LogP contribution in [-0.4, -0.2) is 129 Å². The van der Waals surface area contributed by atoms with E-state index in [-0.39, 0.29) is 47.2 Å². The molecule has 3 saturated heterocycles. The van der Waals surface area contributed by atoms with E-state index in [1.165, 1.54) is 28.9 Å². The molecule has 2 bridgehead atoms. The Morgan fingerprint density at radius 3 is 2.51 bits per heavy atom. The number of amides is 2. The summed E-state index contributed by atoms with van der Waals surface area (Å²) in [5, 5.41) is 5.19. The number of hydrogen-bond acceptors (Lipinski definition) is 18. The number of carbonyl (C=O) groups is 2. The molecular formula is C35H38FN12O12PS2. The Hall–Kier alpha value is -5.24. The van der Waals surface area contributed by atoms with Gasteiger partial charge in [0, 0.05) is 25.1 Å². The van der Waals surface area contributed by atoms with Crippen molar-refractivity contribution in [2.24, 2.45) is 5.92 Å². The van der Waals surface area contributed by atoms with Crippen LogP contribution in [0.4, 0.5) is 16.2 Å². The quantitative estimate of drug-likeness (QED) is 0.0882. The van der Waals surface area contributed by atoms with Gasteiger partial charge in [0.2, 0.25) is 18.4 Å². The van der Waals surface area contributed by atoms with Crippen molar-refractivity contribution in [1.82, 2.24) is 43.8 Å². The molecule has 2 amide bonds. The van der Waals surface area contributed by atoms with Gasteiger partial charge >= 0.3 is 17.0 Å². The molecule has 24 nitrogen and oxygen atoms in total. The fourth-order valence-corrected chi connectivity index (χ4v) is 9.99. The van der Waals surface area contributed by atoms with Crippen molar-refractivity contribution in [3.63, 3.8) is 0 Å². The molecule has 1 unspecified atom stereocenters. The number of nitrogens with zero attached hydrogens (tertiary/aromatic N) is 8. The van der Waals surface area contributed by atoms with Gasteiger partial charge in [-0.1, -0.05) is 32.0 Å². The van der Waals surface area contributed by atoms with E-state index in [4.69, 9.17) is 50.3 Å². The van der Waals surface area contributed by atoms with E-state index >= 15 is 4.39 Å². The number of fused-ring (bicyclic) bond motifs is 5. The zero-order valence-corrected chi connectivity index (χ0v) is 35.8. The van der Waals surface area contributed by atoms with E-state index in [1.807, 2.05) is 0 Å². The first-order valence-electron chi connectivity index (χ1n) is 19.1. The van der Waals surface area contributed by atoms with E-state index < -0.39 is 103 Å². The lowest BCUT2D eigenvalue weighted by atomic mass is 10.1. The van der Waals surface area contributed by atoms with Gasteiger partial charge in [0.15, 0.2) is 52.9 Å². The number of aromatic amines is 1. The standard InChI is InChI=1S/C35H38FN12O12PS2/c1-17(2)30(49)45-35-44-29-23(32(51)46-35)41-16-48(29)34-26-25(54-4)20(58-34)13-56-61(62,55-11-10-37-3)59-24-19(12-42-63(52,53)60-26)57-33(21(24)36)47-15-40-22-27(38-14-39-28(22)47)43-31(50)18-8-6-5-7-9-18/h5-9,14-17,19-21,24-26,33-34,42H,10-13H2,1-2,4H3,(H,38,39,43,50)(H2,44,45,46,49,51)/t19-,20-,21-,24-,25+,26-,33-,34-,61?/m1/s1. The normalized spacial score (nSPS) is 28.4. The van der Waals surface area contributed by atoms with Gasteiger partial charge in [0.05, 0.1) is 19.3 Å². The first kappa shape index (κ1) is 44.4. The van der Waals surface area contributed by atoms with Crippen molar-refractivity contribution < 1.29 is 54.4 Å². The highest BCUT2D eigenvalue weighted by atomic mass is 32.5. The summed E-state index contributed by atoms with van der Waals surface area (Å²) in [4.78, 5) is 65.4. The highest BCUT2D eigenvalue weighted by Gasteiger charge is 2.54. The minimum atomic E-state index is -4.82. The summed E-state index contributed by atoms with van der Waals surface area (Å²) in [6, 6.07) is 8.34. The molecule has 4 aromatic heterocycles. The number of imidazole rings is 2. The van der Waals surface area contributed by atoms with E-state index in [2.05, 4.69) is 50.1 Å². The third-order valence-electron chi connectivity index (χ3n) is 10.00. The van der Waals surface area contributed by atoms with Gasteiger partial charge < -0.3 is 33.4 Å². The zero-order valence-electron chi connectivity index (χ0n) is 33.3. The number of H-pyrrole nitrogens is 1. The second-order valence-corrected chi connectivity index (χ2v) is 18.8. The third kappa shape index (κ3) is 9.10. The Morgan fingerprint density at radius 2 is 1.78 bits per heavy atom. The number of rotatable bonds is 10. The van der Waals surface area contributed by atoms with Crippen molar-refractivity contribution in [2.45, 2.75) is 63.0 Å². The number of ether oxygens (including phenoxy) is 3. The third-order valence-corrected chi connectivity index (χ3v) is 13.3. The number of hydrogen-bond donors (Lipinski definition) is 4. The van der Waals surface area contributed by atoms with Gasteiger partial charge in [0.25, 0.3) is 11.5 Å². The molecule has 28 heteroatoms. The van der Waals surface area contributed by atoms with Crippen molar-refractivity contribution in [3.8, 4) is 0 Å². The summed E-state index contributed by atoms with van der Waals surface area (Å²) in [5.41, 5.74) is -0.525. The lowest BCUT2D eigenvalue weighted by Gasteiger charge is -2.28. The molecule has 1 aromatic carbocycles. The number of benzene rings is 1. The summed E-state index contributed by atoms with van der Waals surface area (Å²) < 4.78 is 91.3. The van der Waals surface area contributed by atoms with Crippen molar-refractivity contribution in [2.75, 3.05) is 44.0 Å². The number of halogens is 1. The van der Waals surface area contributed by atoms with Crippen molar-refractivity contribution in [3.05, 3.63) is 76.6 Å². The SMILES string of the molecule is [C-]#[N+]CCOP1(=S)OC[C@H]2O[C@@H](n3cnc4c(=O)[nH]c(NC(=O)C(C)C)nc43)[C@H](OS(=O)(=O)NC[C@H]3O[C@@H](n4cnc5c(NC(=O)c6ccccc6)ncnc54)[C@H](F)[C@@H]3O1)[C@H]2OC. The van der Waals surface area contributed by atoms with E-state index in [9.17, 15) is 22.8 Å². The fraction of sp³-hybridized carbons (Fsp3) is 0.457. The number of carbonyl (C=O) groups excluding carboxylic acids is 2. The highest BCUT2D eigenvalue weighted by Crippen LogP contribution is 2.55. The van der Waals surface area contributed by atoms with Gasteiger partial charge in [-0.25, -0.2) is 35.1 Å². The molecule has 8 rings (SSSR count). The Morgan fingerprint density at radius 1 is 1.05 bits per heavy atom.